The number of fused-ring (bicyclic) bond motifs is 7. The van der Waals surface area contributed by atoms with Gasteiger partial charge in [0.15, 0.2) is 5.72 Å². The minimum Gasteiger partial charge on any atom is -0.495 e. The lowest BCUT2D eigenvalue weighted by molar-refractivity contribution is -0.328. The number of ether oxygens (including phenoxy) is 5. The number of nitrogens with one attached hydrogen (secondary N) is 4. The highest BCUT2D eigenvalue weighted by atomic mass is 35.5. The van der Waals surface area contributed by atoms with Gasteiger partial charge in [0.25, 0.3) is 0 Å². The maximum atomic E-state index is 14.3. The van der Waals surface area contributed by atoms with Crippen molar-refractivity contribution in [3.63, 3.8) is 0 Å². The quantitative estimate of drug-likeness (QED) is 0.0781. The average Bonchev–Trinajstić information content (AvgIpc) is 3.66. The maximum absolute atomic E-state index is 14.3. The number of halogens is 1. The lowest BCUT2D eigenvalue weighted by atomic mass is 9.72. The number of alkyl carbamates (subject to hydrolysis) is 1. The molecule has 4 aliphatic rings. The Balaban J connectivity index is 1.12. The number of carbonyl (C=O) groups excluding carboxylic acids is 5. The Hall–Kier alpha value is -5.54. The Morgan fingerprint density at radius 2 is 1.81 bits per heavy atom. The van der Waals surface area contributed by atoms with Crippen LogP contribution in [0.1, 0.15) is 64.6 Å². The summed E-state index contributed by atoms with van der Waals surface area (Å²) in [5.74, 6) is -1.46. The van der Waals surface area contributed by atoms with Crippen molar-refractivity contribution >= 4 is 58.0 Å². The lowest BCUT2D eigenvalue weighted by Gasteiger charge is -2.59. The number of hydrazine groups is 1. The van der Waals surface area contributed by atoms with E-state index in [-0.39, 0.29) is 49.7 Å². The van der Waals surface area contributed by atoms with Gasteiger partial charge in [0.1, 0.15) is 46.3 Å². The molecule has 2 fully saturated rings. The van der Waals surface area contributed by atoms with E-state index in [0.29, 0.717) is 37.5 Å². The van der Waals surface area contributed by atoms with Crippen LogP contribution < -0.4 is 31.0 Å². The molecule has 382 valence electrons. The van der Waals surface area contributed by atoms with Gasteiger partial charge in [0, 0.05) is 78.4 Å². The van der Waals surface area contributed by atoms with E-state index >= 15 is 0 Å². The largest absolute Gasteiger partial charge is 0.495 e. The zero-order valence-corrected chi connectivity index (χ0v) is 42.6. The topological polar surface area (TPSA) is 214 Å². The highest BCUT2D eigenvalue weighted by Crippen LogP contribution is 2.50. The molecule has 5 N–H and O–H groups in total. The molecular formula is C50H69ClN8O11. The SMILES string of the molecule is CNN(C)Cc1cc2ccccc2n1CCC(=O)NCCNCC(=O)N(C)[C@@H](C)C(=O)O[C@H]1CC(=O)N(C)c2cc(cc(OC)c2Cl)C/C(C)=C/C=C/[C@@H](OC)[C@@]2(O)C[C@H](OC(=O)N2)C2(C)C[C@@]1(C)O2. The van der Waals surface area contributed by atoms with Crippen LogP contribution in [0.3, 0.4) is 0 Å². The Kier molecular flexibility index (Phi) is 17.4. The maximum Gasteiger partial charge on any atom is 0.409 e. The zero-order chi connectivity index (χ0) is 51.1. The van der Waals surface area contributed by atoms with Crippen molar-refractivity contribution in [1.82, 2.24) is 35.9 Å². The second-order valence-corrected chi connectivity index (χ2v) is 19.3. The van der Waals surface area contributed by atoms with Gasteiger partial charge in [-0.15, -0.1) is 0 Å². The predicted octanol–water partition coefficient (Wildman–Crippen LogP) is 3.98. The zero-order valence-electron chi connectivity index (χ0n) is 41.9. The summed E-state index contributed by atoms with van der Waals surface area (Å²) in [6.07, 6.45) is 1.49. The van der Waals surface area contributed by atoms with Crippen molar-refractivity contribution in [3.8, 4) is 5.75 Å². The molecule has 4 amide bonds. The third kappa shape index (κ3) is 12.3. The predicted molar refractivity (Wildman–Crippen MR) is 264 cm³/mol. The Morgan fingerprint density at radius 1 is 1.09 bits per heavy atom. The molecular weight excluding hydrogens is 924 g/mol. The third-order valence-corrected chi connectivity index (χ3v) is 14.0. The average molecular weight is 994 g/mol. The molecule has 19 nitrogen and oxygen atoms in total. The summed E-state index contributed by atoms with van der Waals surface area (Å²) in [6, 6.07) is 12.7. The first-order valence-electron chi connectivity index (χ1n) is 23.4. The summed E-state index contributed by atoms with van der Waals surface area (Å²) < 4.78 is 31.9. The van der Waals surface area contributed by atoms with E-state index in [0.717, 1.165) is 27.7 Å². The van der Waals surface area contributed by atoms with Crippen molar-refractivity contribution in [2.45, 2.75) is 114 Å². The molecule has 2 aromatic carbocycles. The lowest BCUT2D eigenvalue weighted by Crippen LogP contribution is -2.72. The fourth-order valence-electron chi connectivity index (χ4n) is 9.41. The summed E-state index contributed by atoms with van der Waals surface area (Å²) in [5, 5.41) is 23.6. The van der Waals surface area contributed by atoms with Crippen molar-refractivity contribution in [2.24, 2.45) is 0 Å². The number of methoxy groups -OCH3 is 2. The summed E-state index contributed by atoms with van der Waals surface area (Å²) in [6.45, 7) is 8.42. The van der Waals surface area contributed by atoms with E-state index in [1.54, 1.807) is 45.2 Å². The number of para-hydroxylation sites is 1. The number of hydrogen-bond acceptors (Lipinski definition) is 14. The van der Waals surface area contributed by atoms with Crippen molar-refractivity contribution in [1.29, 1.82) is 0 Å². The minimum atomic E-state index is -1.89. The normalized spacial score (nSPS) is 26.6. The van der Waals surface area contributed by atoms with Crippen LogP contribution in [0.25, 0.3) is 10.9 Å². The summed E-state index contributed by atoms with van der Waals surface area (Å²) >= 11 is 6.82. The molecule has 70 heavy (non-hydrogen) atoms. The highest BCUT2D eigenvalue weighted by molar-refractivity contribution is 6.35. The fourth-order valence-corrected chi connectivity index (χ4v) is 9.72. The van der Waals surface area contributed by atoms with Gasteiger partial charge in [0.2, 0.25) is 17.7 Å². The van der Waals surface area contributed by atoms with Gasteiger partial charge >= 0.3 is 12.1 Å². The highest BCUT2D eigenvalue weighted by Gasteiger charge is 2.63. The number of carbonyl (C=O) groups is 5. The first-order valence-corrected chi connectivity index (χ1v) is 23.8. The van der Waals surface area contributed by atoms with E-state index < -0.39 is 65.2 Å². The molecule has 3 aromatic rings. The van der Waals surface area contributed by atoms with E-state index in [1.807, 2.05) is 50.3 Å². The van der Waals surface area contributed by atoms with Crippen LogP contribution in [0.5, 0.6) is 5.75 Å². The van der Waals surface area contributed by atoms with Crippen LogP contribution in [0.4, 0.5) is 10.5 Å². The molecule has 1 aromatic heterocycles. The number of allylic oxidation sites excluding steroid dienone is 3. The molecule has 6 bridgehead atoms. The van der Waals surface area contributed by atoms with Crippen LogP contribution in [0.15, 0.2) is 66.3 Å². The van der Waals surface area contributed by atoms with Crippen molar-refractivity contribution < 1.29 is 52.8 Å². The number of aliphatic hydroxyl groups is 1. The monoisotopic (exact) mass is 992 g/mol. The van der Waals surface area contributed by atoms with Crippen LogP contribution in [-0.4, -0.2) is 153 Å². The fraction of sp³-hybridized carbons (Fsp3) is 0.540. The molecule has 2 saturated heterocycles. The number of likely N-dealkylation sites (N-methyl/N-ethyl adjacent to an activating group) is 1. The molecule has 5 heterocycles. The van der Waals surface area contributed by atoms with Crippen molar-refractivity contribution in [3.05, 3.63) is 82.5 Å². The molecule has 1 unspecified atom stereocenters. The van der Waals surface area contributed by atoms with Gasteiger partial charge in [0.05, 0.1) is 32.3 Å². The van der Waals surface area contributed by atoms with Gasteiger partial charge in [-0.2, -0.15) is 0 Å². The number of aromatic nitrogens is 1. The van der Waals surface area contributed by atoms with Gasteiger partial charge < -0.3 is 53.8 Å². The van der Waals surface area contributed by atoms with Gasteiger partial charge in [-0.25, -0.2) is 14.6 Å². The van der Waals surface area contributed by atoms with Crippen LogP contribution in [-0.2, 0) is 57.6 Å². The smallest absolute Gasteiger partial charge is 0.409 e. The summed E-state index contributed by atoms with van der Waals surface area (Å²) in [7, 11) is 9.74. The number of amides is 4. The number of benzene rings is 2. The molecule has 0 radical (unpaired) electrons. The molecule has 0 saturated carbocycles. The number of aryl methyl sites for hydroxylation is 1. The Morgan fingerprint density at radius 3 is 2.51 bits per heavy atom. The van der Waals surface area contributed by atoms with E-state index in [2.05, 4.69) is 38.1 Å². The van der Waals surface area contributed by atoms with Gasteiger partial charge in [-0.1, -0.05) is 53.6 Å². The molecule has 7 atom stereocenters. The molecule has 0 aliphatic carbocycles. The van der Waals surface area contributed by atoms with E-state index in [4.69, 9.17) is 35.3 Å². The molecule has 0 spiro atoms. The molecule has 4 aliphatic heterocycles. The van der Waals surface area contributed by atoms with Crippen LogP contribution in [0, 0.1) is 0 Å². The third-order valence-electron chi connectivity index (χ3n) is 13.6. The number of esters is 1. The van der Waals surface area contributed by atoms with Crippen LogP contribution >= 0.6 is 11.6 Å². The Labute approximate surface area is 414 Å². The molecule has 20 heteroatoms. The van der Waals surface area contributed by atoms with Crippen LogP contribution in [0.2, 0.25) is 5.02 Å². The first kappa shape index (κ1) is 53.8. The minimum absolute atomic E-state index is 0.125. The second kappa shape index (κ2) is 22.7. The number of nitrogens with zero attached hydrogens (tertiary/aromatic N) is 4. The summed E-state index contributed by atoms with van der Waals surface area (Å²) in [4.78, 5) is 70.3. The Bertz CT molecular complexity index is 2470. The standard InChI is InChI=1S/C50H69ClN8O11/c1-31-14-13-17-39(67-10)50(65)27-41(69-47(64)55-50)49(4)30-48(3,70-49)40(26-43(61)58(8)37-23-33(22-31)24-38(66-9)45(37)51)68-46(63)32(2)57(7)44(62)28-53-19-20-54-42(60)18-21-59-35(29-56(6)52-5)25-34-15-11-12-16-36(34)59/h11-17,23-25,32,39-41,52-53,65H,18-22,26-30H2,1-10H3,(H,54,60)(H,55,64)/b17-13+,31-14+/t32-,39+,40-,41-,48+,49?,50-/m0/s1. The second-order valence-electron chi connectivity index (χ2n) is 18.9. The van der Waals surface area contributed by atoms with Crippen molar-refractivity contribution in [2.75, 3.05) is 66.9 Å². The van der Waals surface area contributed by atoms with Gasteiger partial charge in [-0.05, 0) is 76.4 Å². The first-order chi connectivity index (χ1) is 33.1. The number of rotatable bonds is 16. The summed E-state index contributed by atoms with van der Waals surface area (Å²) in [5.41, 5.74) is 2.91. The van der Waals surface area contributed by atoms with E-state index in [9.17, 15) is 29.1 Å². The van der Waals surface area contributed by atoms with Gasteiger partial charge in [-0.3, -0.25) is 25.1 Å². The number of anilines is 1. The number of hydrogen-bond donors (Lipinski definition) is 5. The van der Waals surface area contributed by atoms with E-state index in [1.165, 1.54) is 38.0 Å². The molecule has 7 rings (SSSR count).